The Balaban J connectivity index is 1.58. The molecular weight excluding hydrogens is 421 g/mol. The van der Waals surface area contributed by atoms with Crippen molar-refractivity contribution in [1.29, 1.82) is 0 Å². The number of aryl methyl sites for hydroxylation is 1. The first-order chi connectivity index (χ1) is 14.2. The van der Waals surface area contributed by atoms with Gasteiger partial charge in [-0.25, -0.2) is 4.98 Å². The molecule has 0 aliphatic carbocycles. The first kappa shape index (κ1) is 21.3. The molecule has 1 aromatic heterocycles. The Morgan fingerprint density at radius 3 is 3.10 bits per heavy atom. The van der Waals surface area contributed by atoms with Gasteiger partial charge >= 0.3 is 0 Å². The minimum absolute atomic E-state index is 0.202. The van der Waals surface area contributed by atoms with Crippen molar-refractivity contribution in [2.45, 2.75) is 19.4 Å². The van der Waals surface area contributed by atoms with Crippen molar-refractivity contribution in [1.82, 2.24) is 25.4 Å². The van der Waals surface area contributed by atoms with E-state index in [1.807, 2.05) is 0 Å². The maximum absolute atomic E-state index is 12.5. The maximum Gasteiger partial charge on any atom is 0.271 e. The van der Waals surface area contributed by atoms with Crippen LogP contribution in [0, 0.1) is 0 Å². The number of amides is 1. The smallest absolute Gasteiger partial charge is 0.271 e. The summed E-state index contributed by atoms with van der Waals surface area (Å²) in [7, 11) is 0. The van der Waals surface area contributed by atoms with Crippen molar-refractivity contribution in [3.8, 4) is 5.75 Å². The van der Waals surface area contributed by atoms with Gasteiger partial charge in [0.1, 0.15) is 24.1 Å². The summed E-state index contributed by atoms with van der Waals surface area (Å²) in [6.45, 7) is 1.73. The van der Waals surface area contributed by atoms with Crippen molar-refractivity contribution >= 4 is 35.4 Å². The highest BCUT2D eigenvalue weighted by atomic mass is 35.5. The van der Waals surface area contributed by atoms with Crippen LogP contribution >= 0.6 is 23.7 Å². The second-order valence-corrected chi connectivity index (χ2v) is 7.13. The summed E-state index contributed by atoms with van der Waals surface area (Å²) in [6, 6.07) is 5.16. The van der Waals surface area contributed by atoms with Gasteiger partial charge in [-0.3, -0.25) is 9.48 Å². The standard InChI is InChI=1S/C18H21ClFN5O3S/c19-14-9-13(3-4-15(14)27-7-2-8-29-20)17-16(23-12-28-17)18(26)22-5-1-6-25-11-21-10-24-25/h3-4,9-11,23H,1-2,5-8,12H2,(H,22,26). The number of nitrogens with zero attached hydrogens (tertiary/aromatic N) is 3. The van der Waals surface area contributed by atoms with E-state index in [2.05, 4.69) is 20.7 Å². The number of nitrogens with one attached hydrogen (secondary N) is 2. The lowest BCUT2D eigenvalue weighted by molar-refractivity contribution is -0.117. The molecule has 1 aromatic carbocycles. The molecule has 0 saturated heterocycles. The molecule has 0 saturated carbocycles. The van der Waals surface area contributed by atoms with E-state index in [0.29, 0.717) is 59.7 Å². The molecule has 1 aliphatic rings. The van der Waals surface area contributed by atoms with Crippen LogP contribution in [0.5, 0.6) is 5.75 Å². The molecule has 0 atom stereocenters. The minimum atomic E-state index is -0.253. The van der Waals surface area contributed by atoms with Crippen molar-refractivity contribution < 1.29 is 18.2 Å². The molecule has 0 spiro atoms. The van der Waals surface area contributed by atoms with Crippen LogP contribution in [0.15, 0.2) is 36.6 Å². The van der Waals surface area contributed by atoms with E-state index < -0.39 is 0 Å². The van der Waals surface area contributed by atoms with E-state index in [0.717, 1.165) is 6.42 Å². The normalized spacial score (nSPS) is 13.2. The average molecular weight is 442 g/mol. The fourth-order valence-corrected chi connectivity index (χ4v) is 3.14. The highest BCUT2D eigenvalue weighted by Crippen LogP contribution is 2.31. The van der Waals surface area contributed by atoms with Crippen LogP contribution < -0.4 is 15.4 Å². The average Bonchev–Trinajstić information content (AvgIpc) is 3.41. The van der Waals surface area contributed by atoms with Gasteiger partial charge in [0.15, 0.2) is 12.5 Å². The summed E-state index contributed by atoms with van der Waals surface area (Å²) < 4.78 is 24.9. The third-order valence-electron chi connectivity index (χ3n) is 4.05. The molecule has 29 heavy (non-hydrogen) atoms. The quantitative estimate of drug-likeness (QED) is 0.518. The number of carbonyl (C=O) groups excluding carboxylic acids is 1. The lowest BCUT2D eigenvalue weighted by Crippen LogP contribution is -2.31. The zero-order chi connectivity index (χ0) is 20.5. The van der Waals surface area contributed by atoms with Crippen LogP contribution in [-0.4, -0.2) is 46.3 Å². The summed E-state index contributed by atoms with van der Waals surface area (Å²) >= 11 is 6.56. The molecule has 0 bridgehead atoms. The molecule has 2 N–H and O–H groups in total. The van der Waals surface area contributed by atoms with Crippen LogP contribution in [0.25, 0.3) is 5.76 Å². The number of hydrogen-bond donors (Lipinski definition) is 2. The second kappa shape index (κ2) is 10.9. The Bertz CT molecular complexity index is 850. The molecule has 11 heteroatoms. The van der Waals surface area contributed by atoms with E-state index in [4.69, 9.17) is 21.1 Å². The van der Waals surface area contributed by atoms with Crippen LogP contribution in [0.3, 0.4) is 0 Å². The third kappa shape index (κ3) is 6.01. The Labute approximate surface area is 177 Å². The first-order valence-electron chi connectivity index (χ1n) is 9.07. The highest BCUT2D eigenvalue weighted by Gasteiger charge is 2.24. The Morgan fingerprint density at radius 1 is 1.45 bits per heavy atom. The molecule has 8 nitrogen and oxygen atoms in total. The van der Waals surface area contributed by atoms with Crippen molar-refractivity contribution in [2.75, 3.05) is 25.6 Å². The number of rotatable bonds is 11. The summed E-state index contributed by atoms with van der Waals surface area (Å²) in [5.41, 5.74) is 1.02. The fourth-order valence-electron chi connectivity index (χ4n) is 2.68. The molecular formula is C18H21ClFN5O3S. The molecule has 0 unspecified atom stereocenters. The monoisotopic (exact) mass is 441 g/mol. The van der Waals surface area contributed by atoms with Gasteiger partial charge < -0.3 is 20.1 Å². The molecule has 0 radical (unpaired) electrons. The van der Waals surface area contributed by atoms with Crippen LogP contribution in [-0.2, 0) is 16.1 Å². The Kier molecular flexibility index (Phi) is 8.00. The van der Waals surface area contributed by atoms with E-state index in [1.165, 1.54) is 6.33 Å². The van der Waals surface area contributed by atoms with Crippen LogP contribution in [0.1, 0.15) is 18.4 Å². The van der Waals surface area contributed by atoms with E-state index in [1.54, 1.807) is 29.2 Å². The number of ether oxygens (including phenoxy) is 2. The largest absolute Gasteiger partial charge is 0.492 e. The molecule has 0 fully saturated rings. The number of hydrogen-bond acceptors (Lipinski definition) is 7. The predicted octanol–water partition coefficient (Wildman–Crippen LogP) is 2.77. The van der Waals surface area contributed by atoms with E-state index in [-0.39, 0.29) is 24.8 Å². The summed E-state index contributed by atoms with van der Waals surface area (Å²) in [4.78, 5) is 16.4. The molecule has 1 aliphatic heterocycles. The third-order valence-corrected chi connectivity index (χ3v) is 4.79. The van der Waals surface area contributed by atoms with Gasteiger partial charge in [-0.15, -0.1) is 0 Å². The summed E-state index contributed by atoms with van der Waals surface area (Å²) in [5, 5.41) is 10.2. The molecule has 2 heterocycles. The Hall–Kier alpha value is -2.46. The SMILES string of the molecule is O=C(NCCCn1cncn1)C1=C(c2ccc(OCCCSF)c(Cl)c2)OCN1. The highest BCUT2D eigenvalue weighted by molar-refractivity contribution is 7.94. The zero-order valence-corrected chi connectivity index (χ0v) is 17.1. The zero-order valence-electron chi connectivity index (χ0n) is 15.6. The molecule has 1 amide bonds. The van der Waals surface area contributed by atoms with Gasteiger partial charge in [-0.05, 0) is 31.0 Å². The van der Waals surface area contributed by atoms with Gasteiger partial charge in [0, 0.05) is 36.6 Å². The lowest BCUT2D eigenvalue weighted by Gasteiger charge is -2.10. The van der Waals surface area contributed by atoms with E-state index >= 15 is 0 Å². The molecule has 2 aromatic rings. The van der Waals surface area contributed by atoms with Gasteiger partial charge in [-0.1, -0.05) is 11.6 Å². The topological polar surface area (TPSA) is 90.3 Å². The van der Waals surface area contributed by atoms with Gasteiger partial charge in [-0.2, -0.15) is 8.98 Å². The number of benzene rings is 1. The number of aromatic nitrogens is 3. The van der Waals surface area contributed by atoms with Crippen molar-refractivity contribution in [2.24, 2.45) is 0 Å². The molecule has 3 rings (SSSR count). The van der Waals surface area contributed by atoms with Crippen LogP contribution in [0.4, 0.5) is 3.89 Å². The molecule has 156 valence electrons. The van der Waals surface area contributed by atoms with E-state index in [9.17, 15) is 8.68 Å². The Morgan fingerprint density at radius 2 is 2.34 bits per heavy atom. The number of halogens is 2. The maximum atomic E-state index is 12.5. The van der Waals surface area contributed by atoms with Gasteiger partial charge in [0.2, 0.25) is 0 Å². The van der Waals surface area contributed by atoms with Crippen molar-refractivity contribution in [3.63, 3.8) is 0 Å². The second-order valence-electron chi connectivity index (χ2n) is 6.10. The minimum Gasteiger partial charge on any atom is -0.492 e. The first-order valence-corrected chi connectivity index (χ1v) is 10.3. The predicted molar refractivity (Wildman–Crippen MR) is 109 cm³/mol. The van der Waals surface area contributed by atoms with Gasteiger partial charge in [0.25, 0.3) is 5.91 Å². The fraction of sp³-hybridized carbons (Fsp3) is 0.389. The van der Waals surface area contributed by atoms with Gasteiger partial charge in [0.05, 0.1) is 11.6 Å². The summed E-state index contributed by atoms with van der Waals surface area (Å²) in [5.74, 6) is 1.06. The summed E-state index contributed by atoms with van der Waals surface area (Å²) in [6.07, 6.45) is 4.40. The lowest BCUT2D eigenvalue weighted by atomic mass is 10.1. The van der Waals surface area contributed by atoms with Crippen molar-refractivity contribution in [3.05, 3.63) is 47.1 Å². The van der Waals surface area contributed by atoms with Crippen LogP contribution in [0.2, 0.25) is 5.02 Å². The number of carbonyl (C=O) groups is 1.